The number of hydrogen-bond donors (Lipinski definition) is 0. The van der Waals surface area contributed by atoms with Crippen LogP contribution in [0.5, 0.6) is 0 Å². The summed E-state index contributed by atoms with van der Waals surface area (Å²) >= 11 is 1.66. The van der Waals surface area contributed by atoms with E-state index < -0.39 is 0 Å². The average molecular weight is 191 g/mol. The van der Waals surface area contributed by atoms with Crippen LogP contribution in [0, 0.1) is 0 Å². The van der Waals surface area contributed by atoms with E-state index in [0.717, 1.165) is 10.7 Å². The van der Waals surface area contributed by atoms with Gasteiger partial charge in [0.1, 0.15) is 5.01 Å². The van der Waals surface area contributed by atoms with Crippen LogP contribution in [0.15, 0.2) is 18.7 Å². The summed E-state index contributed by atoms with van der Waals surface area (Å²) in [5.74, 6) is 0. The summed E-state index contributed by atoms with van der Waals surface area (Å²) in [7, 11) is 0. The lowest BCUT2D eigenvalue weighted by Gasteiger charge is -1.86. The van der Waals surface area contributed by atoms with Crippen molar-refractivity contribution in [2.45, 2.75) is 13.8 Å². The second-order valence-corrected chi connectivity index (χ2v) is 3.57. The molecule has 0 radical (unpaired) electrons. The minimum absolute atomic E-state index is 0.973. The highest BCUT2D eigenvalue weighted by molar-refractivity contribution is 7.13. The molecule has 0 aliphatic heterocycles. The van der Waals surface area contributed by atoms with Crippen LogP contribution in [0.1, 0.15) is 29.4 Å². The predicted molar refractivity (Wildman–Crippen MR) is 61.6 cm³/mol. The number of thiazole rings is 1. The van der Waals surface area contributed by atoms with E-state index in [1.54, 1.807) is 17.4 Å². The van der Waals surface area contributed by atoms with Crippen LogP contribution in [0.4, 0.5) is 0 Å². The first-order chi connectivity index (χ1) is 6.31. The van der Waals surface area contributed by atoms with Crippen LogP contribution < -0.4 is 0 Å². The van der Waals surface area contributed by atoms with Crippen LogP contribution in [-0.2, 0) is 0 Å². The number of hydrogen-bond acceptors (Lipinski definition) is 2. The zero-order chi connectivity index (χ0) is 9.68. The van der Waals surface area contributed by atoms with E-state index in [4.69, 9.17) is 0 Å². The van der Waals surface area contributed by atoms with E-state index in [9.17, 15) is 0 Å². The number of nitrogens with zero attached hydrogens (tertiary/aromatic N) is 1. The van der Waals surface area contributed by atoms with E-state index in [1.165, 1.54) is 4.88 Å². The zero-order valence-electron chi connectivity index (χ0n) is 7.95. The maximum atomic E-state index is 4.40. The monoisotopic (exact) mass is 191 g/mol. The van der Waals surface area contributed by atoms with Crippen molar-refractivity contribution in [3.05, 3.63) is 34.3 Å². The van der Waals surface area contributed by atoms with Crippen LogP contribution in [0.3, 0.4) is 0 Å². The van der Waals surface area contributed by atoms with Crippen LogP contribution >= 0.6 is 11.3 Å². The van der Waals surface area contributed by atoms with Gasteiger partial charge in [-0.15, -0.1) is 11.3 Å². The average Bonchev–Trinajstić information content (AvgIpc) is 2.50. The Balaban J connectivity index is 3.14. The van der Waals surface area contributed by atoms with Gasteiger partial charge in [0.2, 0.25) is 0 Å². The molecule has 1 aromatic rings. The summed E-state index contributed by atoms with van der Waals surface area (Å²) in [6.45, 7) is 7.70. The van der Waals surface area contributed by atoms with Crippen molar-refractivity contribution in [3.63, 3.8) is 0 Å². The summed E-state index contributed by atoms with van der Waals surface area (Å²) in [6.07, 6.45) is 9.88. The molecule has 68 valence electrons. The SMILES string of the molecule is C=Cc1nc(/C=C\C)c(/C=C\C)s1. The van der Waals surface area contributed by atoms with Crippen molar-refractivity contribution in [1.29, 1.82) is 0 Å². The molecule has 0 fully saturated rings. The standard InChI is InChI=1S/C11H13NS/c1-4-7-9-10(8-5-2)13-11(6-3)12-9/h4-8H,3H2,1-2H3/b7-4-,8-5-. The van der Waals surface area contributed by atoms with Gasteiger partial charge in [0, 0.05) is 0 Å². The molecule has 0 N–H and O–H groups in total. The molecule has 0 aliphatic carbocycles. The van der Waals surface area contributed by atoms with Crippen molar-refractivity contribution in [1.82, 2.24) is 4.98 Å². The normalized spacial score (nSPS) is 11.5. The Kier molecular flexibility index (Phi) is 3.65. The number of aromatic nitrogens is 1. The second-order valence-electron chi connectivity index (χ2n) is 2.51. The first-order valence-electron chi connectivity index (χ1n) is 4.20. The Bertz CT molecular complexity index is 315. The first-order valence-corrected chi connectivity index (χ1v) is 5.02. The zero-order valence-corrected chi connectivity index (χ0v) is 8.77. The molecule has 0 bridgehead atoms. The fourth-order valence-electron chi connectivity index (χ4n) is 0.997. The summed E-state index contributed by atoms with van der Waals surface area (Å²) in [4.78, 5) is 5.59. The second kappa shape index (κ2) is 4.77. The Morgan fingerprint density at radius 3 is 2.46 bits per heavy atom. The minimum atomic E-state index is 0.973. The van der Waals surface area contributed by atoms with E-state index in [-0.39, 0.29) is 0 Å². The Hall–Kier alpha value is -1.15. The summed E-state index contributed by atoms with van der Waals surface area (Å²) < 4.78 is 0. The van der Waals surface area contributed by atoms with Crippen molar-refractivity contribution in [2.75, 3.05) is 0 Å². The van der Waals surface area contributed by atoms with Gasteiger partial charge in [-0.1, -0.05) is 18.7 Å². The van der Waals surface area contributed by atoms with E-state index in [1.807, 2.05) is 32.1 Å². The summed E-state index contributed by atoms with van der Waals surface area (Å²) in [5.41, 5.74) is 1.03. The van der Waals surface area contributed by atoms with Crippen LogP contribution in [-0.4, -0.2) is 4.98 Å². The number of rotatable bonds is 3. The lowest BCUT2D eigenvalue weighted by atomic mass is 10.3. The summed E-state index contributed by atoms with van der Waals surface area (Å²) in [6, 6.07) is 0. The molecule has 0 saturated carbocycles. The fourth-order valence-corrected chi connectivity index (χ4v) is 1.87. The van der Waals surface area contributed by atoms with Crippen molar-refractivity contribution in [3.8, 4) is 0 Å². The maximum absolute atomic E-state index is 4.40. The molecular formula is C11H13NS. The Morgan fingerprint density at radius 1 is 1.23 bits per heavy atom. The Morgan fingerprint density at radius 2 is 1.92 bits per heavy atom. The van der Waals surface area contributed by atoms with Gasteiger partial charge in [-0.2, -0.15) is 0 Å². The quantitative estimate of drug-likeness (QED) is 0.707. The lowest BCUT2D eigenvalue weighted by molar-refractivity contribution is 1.35. The number of allylic oxidation sites excluding steroid dienone is 2. The van der Waals surface area contributed by atoms with E-state index in [2.05, 4.69) is 17.6 Å². The molecule has 0 amide bonds. The van der Waals surface area contributed by atoms with Gasteiger partial charge < -0.3 is 0 Å². The van der Waals surface area contributed by atoms with E-state index >= 15 is 0 Å². The predicted octanol–water partition coefficient (Wildman–Crippen LogP) is 3.85. The van der Waals surface area contributed by atoms with Crippen LogP contribution in [0.25, 0.3) is 18.2 Å². The molecule has 1 aromatic heterocycles. The molecule has 1 rings (SSSR count). The molecule has 0 aliphatic rings. The molecule has 0 spiro atoms. The third-order valence-corrected chi connectivity index (χ3v) is 2.55. The largest absolute Gasteiger partial charge is 0.237 e. The smallest absolute Gasteiger partial charge is 0.116 e. The molecular weight excluding hydrogens is 178 g/mol. The highest BCUT2D eigenvalue weighted by Gasteiger charge is 2.02. The fraction of sp³-hybridized carbons (Fsp3) is 0.182. The van der Waals surface area contributed by atoms with Gasteiger partial charge in [-0.05, 0) is 32.1 Å². The lowest BCUT2D eigenvalue weighted by Crippen LogP contribution is -1.74. The maximum Gasteiger partial charge on any atom is 0.116 e. The molecule has 13 heavy (non-hydrogen) atoms. The molecule has 0 unspecified atom stereocenters. The van der Waals surface area contributed by atoms with Crippen molar-refractivity contribution >= 4 is 29.6 Å². The molecule has 1 heterocycles. The Labute approximate surface area is 83.1 Å². The van der Waals surface area contributed by atoms with Crippen molar-refractivity contribution in [2.24, 2.45) is 0 Å². The first kappa shape index (κ1) is 9.93. The van der Waals surface area contributed by atoms with Gasteiger partial charge in [-0.25, -0.2) is 4.98 Å². The van der Waals surface area contributed by atoms with Gasteiger partial charge in [0.25, 0.3) is 0 Å². The van der Waals surface area contributed by atoms with Gasteiger partial charge in [-0.3, -0.25) is 0 Å². The molecule has 0 saturated heterocycles. The molecule has 2 heteroatoms. The van der Waals surface area contributed by atoms with Crippen molar-refractivity contribution < 1.29 is 0 Å². The highest BCUT2D eigenvalue weighted by Crippen LogP contribution is 2.22. The summed E-state index contributed by atoms with van der Waals surface area (Å²) in [5, 5.41) is 0.973. The van der Waals surface area contributed by atoms with Gasteiger partial charge >= 0.3 is 0 Å². The molecule has 0 aromatic carbocycles. The third kappa shape index (κ3) is 2.39. The van der Waals surface area contributed by atoms with Gasteiger partial charge in [0.05, 0.1) is 10.6 Å². The third-order valence-electron chi connectivity index (χ3n) is 1.51. The van der Waals surface area contributed by atoms with E-state index in [0.29, 0.717) is 0 Å². The highest BCUT2D eigenvalue weighted by atomic mass is 32.1. The van der Waals surface area contributed by atoms with Crippen LogP contribution in [0.2, 0.25) is 0 Å². The van der Waals surface area contributed by atoms with Gasteiger partial charge in [0.15, 0.2) is 0 Å². The molecule has 0 atom stereocenters. The minimum Gasteiger partial charge on any atom is -0.237 e. The topological polar surface area (TPSA) is 12.9 Å². The molecule has 1 nitrogen and oxygen atoms in total.